The molecule has 0 unspecified atom stereocenters. The summed E-state index contributed by atoms with van der Waals surface area (Å²) < 4.78 is 1.92. The molecule has 2 N–H and O–H groups in total. The molecule has 5 rings (SSSR count). The average molecular weight is 501 g/mol. The van der Waals surface area contributed by atoms with Crippen LogP contribution >= 0.6 is 0 Å². The minimum Gasteiger partial charge on any atom is -0.337 e. The van der Waals surface area contributed by atoms with Crippen LogP contribution in [-0.2, 0) is 5.41 Å². The van der Waals surface area contributed by atoms with Crippen LogP contribution in [-0.4, -0.2) is 20.3 Å². The monoisotopic (exact) mass is 500 g/mol. The number of rotatable bonds is 5. The Morgan fingerprint density at radius 3 is 2.42 bits per heavy atom. The molecule has 0 atom stereocenters. The fourth-order valence-corrected chi connectivity index (χ4v) is 4.27. The third-order valence-corrected chi connectivity index (χ3v) is 6.50. The second kappa shape index (κ2) is 9.83. The van der Waals surface area contributed by atoms with E-state index in [2.05, 4.69) is 41.2 Å². The summed E-state index contributed by atoms with van der Waals surface area (Å²) in [5.74, 6) is 0.435. The fraction of sp³-hybridized carbons (Fsp3) is 0.161. The Balaban J connectivity index is 1.45. The molecule has 38 heavy (non-hydrogen) atoms. The van der Waals surface area contributed by atoms with E-state index in [0.717, 1.165) is 28.2 Å². The maximum Gasteiger partial charge on any atom is 0.255 e. The second-order valence-corrected chi connectivity index (χ2v) is 10.2. The molecule has 5 aromatic rings. The molecular weight excluding hydrogens is 472 g/mol. The van der Waals surface area contributed by atoms with Crippen LogP contribution in [0.25, 0.3) is 21.7 Å². The van der Waals surface area contributed by atoms with Crippen molar-refractivity contribution in [3.05, 3.63) is 113 Å². The van der Waals surface area contributed by atoms with Gasteiger partial charge in [-0.3, -0.25) is 4.79 Å². The Morgan fingerprint density at radius 2 is 1.74 bits per heavy atom. The number of amides is 1. The second-order valence-electron chi connectivity index (χ2n) is 10.2. The molecule has 7 nitrogen and oxygen atoms in total. The number of hydrogen-bond acceptors (Lipinski definition) is 4. The number of carbonyl (C=O) groups is 1. The SMILES string of the molecule is [C-]#[N+]c1ccc(Nc2nc(-c3cccc(NC(=O)c4ccc(C(C)(C)C)cc4)c3C)cn3ccnc23)cc1. The quantitative estimate of drug-likeness (QED) is 0.244. The van der Waals surface area contributed by atoms with Gasteiger partial charge in [-0.2, -0.15) is 0 Å². The first-order valence-corrected chi connectivity index (χ1v) is 12.3. The van der Waals surface area contributed by atoms with Gasteiger partial charge in [0.2, 0.25) is 0 Å². The number of imidazole rings is 1. The zero-order valence-corrected chi connectivity index (χ0v) is 21.8. The first-order chi connectivity index (χ1) is 18.2. The number of nitrogens with one attached hydrogen (secondary N) is 2. The van der Waals surface area contributed by atoms with E-state index in [4.69, 9.17) is 11.6 Å². The molecule has 0 saturated heterocycles. The lowest BCUT2D eigenvalue weighted by Crippen LogP contribution is -2.15. The lowest BCUT2D eigenvalue weighted by atomic mass is 9.86. The Labute approximate surface area is 222 Å². The third-order valence-electron chi connectivity index (χ3n) is 6.50. The van der Waals surface area contributed by atoms with Gasteiger partial charge in [-0.05, 0) is 53.8 Å². The van der Waals surface area contributed by atoms with Crippen molar-refractivity contribution >= 4 is 34.4 Å². The number of benzene rings is 3. The van der Waals surface area contributed by atoms with Crippen LogP contribution in [0.2, 0.25) is 0 Å². The van der Waals surface area contributed by atoms with Crippen molar-refractivity contribution in [1.82, 2.24) is 14.4 Å². The maximum atomic E-state index is 13.1. The molecule has 7 heteroatoms. The molecule has 0 radical (unpaired) electrons. The van der Waals surface area contributed by atoms with Gasteiger partial charge in [0.05, 0.1) is 12.3 Å². The van der Waals surface area contributed by atoms with Crippen molar-refractivity contribution in [2.75, 3.05) is 10.6 Å². The molecule has 3 aromatic carbocycles. The highest BCUT2D eigenvalue weighted by molar-refractivity contribution is 6.05. The molecule has 0 saturated carbocycles. The van der Waals surface area contributed by atoms with Gasteiger partial charge in [0.25, 0.3) is 5.91 Å². The number of aromatic nitrogens is 3. The Morgan fingerprint density at radius 1 is 1.00 bits per heavy atom. The van der Waals surface area contributed by atoms with Gasteiger partial charge >= 0.3 is 0 Å². The molecule has 0 aliphatic rings. The third kappa shape index (κ3) is 4.97. The minimum atomic E-state index is -0.158. The van der Waals surface area contributed by atoms with Gasteiger partial charge in [-0.15, -0.1) is 0 Å². The van der Waals surface area contributed by atoms with Crippen molar-refractivity contribution < 1.29 is 4.79 Å². The standard InChI is InChI=1S/C31H28N6O/c1-20-25(7-6-8-26(20)36-30(38)21-9-11-22(12-10-21)31(2,3)4)27-19-37-18-17-33-29(37)28(35-27)34-24-15-13-23(32-5)14-16-24/h6-19H,1-4H3,(H,34,35)(H,36,38). The van der Waals surface area contributed by atoms with Gasteiger partial charge in [0, 0.05) is 41.1 Å². The van der Waals surface area contributed by atoms with E-state index >= 15 is 0 Å². The zero-order valence-electron chi connectivity index (χ0n) is 21.8. The lowest BCUT2D eigenvalue weighted by molar-refractivity contribution is 0.102. The summed E-state index contributed by atoms with van der Waals surface area (Å²) in [7, 11) is 0. The lowest BCUT2D eigenvalue weighted by Gasteiger charge is -2.19. The Kier molecular flexibility index (Phi) is 6.39. The average Bonchev–Trinajstić information content (AvgIpc) is 3.39. The molecule has 2 heterocycles. The van der Waals surface area contributed by atoms with Crippen molar-refractivity contribution in [2.24, 2.45) is 0 Å². The van der Waals surface area contributed by atoms with Crippen molar-refractivity contribution in [3.63, 3.8) is 0 Å². The fourth-order valence-electron chi connectivity index (χ4n) is 4.27. The van der Waals surface area contributed by atoms with Gasteiger partial charge < -0.3 is 15.0 Å². The smallest absolute Gasteiger partial charge is 0.255 e. The van der Waals surface area contributed by atoms with Gasteiger partial charge in [0.15, 0.2) is 17.2 Å². The van der Waals surface area contributed by atoms with Crippen LogP contribution in [0.1, 0.15) is 42.3 Å². The first kappa shape index (κ1) is 24.7. The number of carbonyl (C=O) groups excluding carboxylic acids is 1. The normalized spacial score (nSPS) is 11.2. The highest BCUT2D eigenvalue weighted by atomic mass is 16.1. The van der Waals surface area contributed by atoms with Gasteiger partial charge in [-0.1, -0.05) is 57.2 Å². The molecule has 0 fully saturated rings. The summed E-state index contributed by atoms with van der Waals surface area (Å²) in [6.07, 6.45) is 5.52. The Bertz CT molecular complexity index is 1670. The van der Waals surface area contributed by atoms with Gasteiger partial charge in [-0.25, -0.2) is 14.8 Å². The first-order valence-electron chi connectivity index (χ1n) is 12.3. The van der Waals surface area contributed by atoms with Crippen molar-refractivity contribution in [3.8, 4) is 11.3 Å². The molecule has 188 valence electrons. The van der Waals surface area contributed by atoms with Crippen molar-refractivity contribution in [1.29, 1.82) is 0 Å². The van der Waals surface area contributed by atoms with E-state index in [1.165, 1.54) is 5.56 Å². The minimum absolute atomic E-state index is 0.0260. The summed E-state index contributed by atoms with van der Waals surface area (Å²) in [6.45, 7) is 15.6. The molecule has 0 bridgehead atoms. The van der Waals surface area contributed by atoms with Crippen LogP contribution in [0.4, 0.5) is 22.9 Å². The molecular formula is C31H28N6O. The van der Waals surface area contributed by atoms with E-state index in [0.29, 0.717) is 22.7 Å². The number of hydrogen-bond donors (Lipinski definition) is 2. The van der Waals surface area contributed by atoms with E-state index in [1.807, 2.05) is 78.3 Å². The van der Waals surface area contributed by atoms with Crippen molar-refractivity contribution in [2.45, 2.75) is 33.1 Å². The summed E-state index contributed by atoms with van der Waals surface area (Å²) in [6, 6.07) is 20.8. The molecule has 1 amide bonds. The zero-order chi connectivity index (χ0) is 26.9. The van der Waals surface area contributed by atoms with E-state index in [9.17, 15) is 4.79 Å². The van der Waals surface area contributed by atoms with Crippen LogP contribution in [0.5, 0.6) is 0 Å². The Hall–Kier alpha value is -4.96. The van der Waals surface area contributed by atoms with E-state index in [-0.39, 0.29) is 11.3 Å². The van der Waals surface area contributed by atoms with Crippen LogP contribution < -0.4 is 10.6 Å². The molecule has 0 aliphatic heterocycles. The largest absolute Gasteiger partial charge is 0.337 e. The highest BCUT2D eigenvalue weighted by Gasteiger charge is 2.17. The topological polar surface area (TPSA) is 75.7 Å². The predicted molar refractivity (Wildman–Crippen MR) is 152 cm³/mol. The number of anilines is 3. The molecule has 2 aromatic heterocycles. The summed E-state index contributed by atoms with van der Waals surface area (Å²) in [5.41, 5.74) is 7.14. The summed E-state index contributed by atoms with van der Waals surface area (Å²) >= 11 is 0. The van der Waals surface area contributed by atoms with Crippen LogP contribution in [0.15, 0.2) is 85.3 Å². The predicted octanol–water partition coefficient (Wildman–Crippen LogP) is 7.55. The maximum absolute atomic E-state index is 13.1. The van der Waals surface area contributed by atoms with E-state index < -0.39 is 0 Å². The van der Waals surface area contributed by atoms with Crippen LogP contribution in [0, 0.1) is 13.5 Å². The van der Waals surface area contributed by atoms with E-state index in [1.54, 1.807) is 18.3 Å². The summed E-state index contributed by atoms with van der Waals surface area (Å²) in [5, 5.41) is 6.40. The van der Waals surface area contributed by atoms with Crippen LogP contribution in [0.3, 0.4) is 0 Å². The number of fused-ring (bicyclic) bond motifs is 1. The summed E-state index contributed by atoms with van der Waals surface area (Å²) in [4.78, 5) is 25.8. The van der Waals surface area contributed by atoms with Gasteiger partial charge in [0.1, 0.15) is 0 Å². The number of nitrogens with zero attached hydrogens (tertiary/aromatic N) is 4. The molecule has 0 aliphatic carbocycles. The molecule has 0 spiro atoms. The highest BCUT2D eigenvalue weighted by Crippen LogP contribution is 2.31.